The van der Waals surface area contributed by atoms with Crippen molar-refractivity contribution in [1.29, 1.82) is 5.26 Å². The topological polar surface area (TPSA) is 82.4 Å². The van der Waals surface area contributed by atoms with E-state index in [0.29, 0.717) is 13.1 Å². The Balaban J connectivity index is 1.74. The highest BCUT2D eigenvalue weighted by Gasteiger charge is 2.44. The van der Waals surface area contributed by atoms with Gasteiger partial charge in [-0.05, 0) is 39.7 Å². The number of nitriles is 1. The molecule has 0 N–H and O–H groups in total. The molecule has 7 heteroatoms. The minimum Gasteiger partial charge on any atom is -0.444 e. The smallest absolute Gasteiger partial charge is 0.410 e. The number of piperazine rings is 1. The van der Waals surface area contributed by atoms with Gasteiger partial charge in [0.25, 0.3) is 0 Å². The highest BCUT2D eigenvalue weighted by molar-refractivity contribution is 5.70. The monoisotopic (exact) mass is 315 g/mol. The zero-order chi connectivity index (χ0) is 16.6. The first-order valence-electron chi connectivity index (χ1n) is 7.87. The van der Waals surface area contributed by atoms with Crippen LogP contribution in [0.3, 0.4) is 0 Å². The van der Waals surface area contributed by atoms with E-state index in [-0.39, 0.29) is 24.0 Å². The number of hydrogen-bond donors (Lipinski definition) is 0. The molecule has 0 aliphatic carbocycles. The second kappa shape index (κ2) is 5.69. The fraction of sp³-hybridized carbons (Fsp3) is 0.625. The van der Waals surface area contributed by atoms with Crippen molar-refractivity contribution in [3.63, 3.8) is 0 Å². The van der Waals surface area contributed by atoms with Crippen molar-refractivity contribution < 1.29 is 9.53 Å². The van der Waals surface area contributed by atoms with Crippen LogP contribution < -0.4 is 4.90 Å². The Morgan fingerprint density at radius 1 is 1.35 bits per heavy atom. The van der Waals surface area contributed by atoms with Gasteiger partial charge in [-0.3, -0.25) is 4.90 Å². The summed E-state index contributed by atoms with van der Waals surface area (Å²) in [5.74, 6) is 0.918. The molecule has 2 aliphatic rings. The van der Waals surface area contributed by atoms with E-state index in [9.17, 15) is 4.79 Å². The summed E-state index contributed by atoms with van der Waals surface area (Å²) in [5.41, 5.74) is -0.484. The lowest BCUT2D eigenvalue weighted by Gasteiger charge is -2.41. The normalized spacial score (nSPS) is 23.6. The van der Waals surface area contributed by atoms with Gasteiger partial charge in [-0.15, -0.1) is 0 Å². The molecule has 2 bridgehead atoms. The number of hydrogen-bond acceptors (Lipinski definition) is 6. The second-order valence-electron chi connectivity index (χ2n) is 7.03. The van der Waals surface area contributed by atoms with E-state index < -0.39 is 5.60 Å². The molecule has 2 atom stereocenters. The van der Waals surface area contributed by atoms with Gasteiger partial charge in [0.05, 0.1) is 12.1 Å². The molecule has 1 amide bonds. The number of aromatic nitrogens is 2. The molecule has 0 saturated carbocycles. The summed E-state index contributed by atoms with van der Waals surface area (Å²) in [6.07, 6.45) is 3.31. The van der Waals surface area contributed by atoms with Crippen LogP contribution in [0.5, 0.6) is 0 Å². The number of carbonyl (C=O) groups is 1. The highest BCUT2D eigenvalue weighted by atomic mass is 16.6. The maximum Gasteiger partial charge on any atom is 0.410 e. The van der Waals surface area contributed by atoms with Gasteiger partial charge < -0.3 is 9.64 Å². The zero-order valence-corrected chi connectivity index (χ0v) is 13.7. The Morgan fingerprint density at radius 2 is 2.00 bits per heavy atom. The van der Waals surface area contributed by atoms with E-state index in [0.717, 1.165) is 18.7 Å². The summed E-state index contributed by atoms with van der Waals surface area (Å²) in [4.78, 5) is 24.6. The maximum absolute atomic E-state index is 12.4. The summed E-state index contributed by atoms with van der Waals surface area (Å²) < 4.78 is 5.54. The van der Waals surface area contributed by atoms with E-state index in [2.05, 4.69) is 14.9 Å². The van der Waals surface area contributed by atoms with Crippen molar-refractivity contribution in [3.8, 4) is 6.07 Å². The molecule has 0 radical (unpaired) electrons. The van der Waals surface area contributed by atoms with Crippen LogP contribution in [0.25, 0.3) is 0 Å². The molecular weight excluding hydrogens is 294 g/mol. The van der Waals surface area contributed by atoms with Gasteiger partial charge in [-0.2, -0.15) is 5.26 Å². The van der Waals surface area contributed by atoms with Crippen LogP contribution in [-0.4, -0.2) is 51.7 Å². The molecule has 0 spiro atoms. The molecule has 1 aromatic heterocycles. The summed E-state index contributed by atoms with van der Waals surface area (Å²) >= 11 is 0. The van der Waals surface area contributed by atoms with Gasteiger partial charge in [-0.1, -0.05) is 0 Å². The number of fused-ring (bicyclic) bond motifs is 2. The number of ether oxygens (including phenoxy) is 1. The van der Waals surface area contributed by atoms with E-state index in [4.69, 9.17) is 10.00 Å². The lowest BCUT2D eigenvalue weighted by atomic mass is 10.2. The Labute approximate surface area is 135 Å². The van der Waals surface area contributed by atoms with Crippen LogP contribution in [0.1, 0.15) is 39.4 Å². The van der Waals surface area contributed by atoms with Crippen LogP contribution in [0.15, 0.2) is 12.3 Å². The summed E-state index contributed by atoms with van der Waals surface area (Å²) in [6, 6.07) is 4.03. The molecule has 3 rings (SSSR count). The van der Waals surface area contributed by atoms with E-state index >= 15 is 0 Å². The Bertz CT molecular complexity index is 635. The summed E-state index contributed by atoms with van der Waals surface area (Å²) in [7, 11) is 0. The quantitative estimate of drug-likeness (QED) is 0.787. The number of rotatable bonds is 1. The van der Waals surface area contributed by atoms with Gasteiger partial charge in [0, 0.05) is 19.3 Å². The minimum absolute atomic E-state index is 0.129. The number of carbonyl (C=O) groups excluding carboxylic acids is 1. The van der Waals surface area contributed by atoms with Gasteiger partial charge >= 0.3 is 6.09 Å². The van der Waals surface area contributed by atoms with Gasteiger partial charge in [-0.25, -0.2) is 14.8 Å². The van der Waals surface area contributed by atoms with Crippen LogP contribution in [0.4, 0.5) is 10.6 Å². The molecule has 122 valence electrons. The average Bonchev–Trinajstić information content (AvgIpc) is 2.76. The maximum atomic E-state index is 12.4. The van der Waals surface area contributed by atoms with E-state index in [1.807, 2.05) is 37.8 Å². The Kier molecular flexibility index (Phi) is 3.84. The largest absolute Gasteiger partial charge is 0.444 e. The molecule has 7 nitrogen and oxygen atoms in total. The van der Waals surface area contributed by atoms with Crippen LogP contribution in [0, 0.1) is 11.3 Å². The molecule has 2 saturated heterocycles. The van der Waals surface area contributed by atoms with Crippen LogP contribution in [0.2, 0.25) is 0 Å². The van der Waals surface area contributed by atoms with Gasteiger partial charge in [0.15, 0.2) is 0 Å². The molecule has 3 heterocycles. The van der Waals surface area contributed by atoms with Crippen molar-refractivity contribution in [2.75, 3.05) is 18.0 Å². The van der Waals surface area contributed by atoms with Crippen molar-refractivity contribution in [1.82, 2.24) is 14.9 Å². The second-order valence-corrected chi connectivity index (χ2v) is 7.03. The molecule has 2 fully saturated rings. The lowest BCUT2D eigenvalue weighted by molar-refractivity contribution is 0.0122. The lowest BCUT2D eigenvalue weighted by Crippen LogP contribution is -2.57. The number of amides is 1. The number of nitrogens with zero attached hydrogens (tertiary/aromatic N) is 5. The average molecular weight is 315 g/mol. The Morgan fingerprint density at radius 3 is 2.57 bits per heavy atom. The SMILES string of the molecule is CC(C)(C)OC(=O)N1C2CCC1CN(c1ccnc(C#N)n1)C2. The first-order valence-corrected chi connectivity index (χ1v) is 7.87. The fourth-order valence-corrected chi connectivity index (χ4v) is 3.28. The van der Waals surface area contributed by atoms with Gasteiger partial charge in [0.1, 0.15) is 17.5 Å². The van der Waals surface area contributed by atoms with E-state index in [1.165, 1.54) is 0 Å². The molecule has 2 unspecified atom stereocenters. The first kappa shape index (κ1) is 15.5. The molecule has 2 aliphatic heterocycles. The third-order valence-corrected chi connectivity index (χ3v) is 4.15. The molecular formula is C16H21N5O2. The third-order valence-electron chi connectivity index (χ3n) is 4.15. The fourth-order valence-electron chi connectivity index (χ4n) is 3.28. The molecule has 23 heavy (non-hydrogen) atoms. The van der Waals surface area contributed by atoms with Crippen molar-refractivity contribution in [2.24, 2.45) is 0 Å². The molecule has 1 aromatic rings. The Hall–Kier alpha value is -2.36. The summed E-state index contributed by atoms with van der Waals surface area (Å²) in [6.45, 7) is 7.06. The van der Waals surface area contributed by atoms with E-state index in [1.54, 1.807) is 6.20 Å². The van der Waals surface area contributed by atoms with Crippen molar-refractivity contribution >= 4 is 11.9 Å². The van der Waals surface area contributed by atoms with Crippen molar-refractivity contribution in [3.05, 3.63) is 18.1 Å². The number of anilines is 1. The van der Waals surface area contributed by atoms with Crippen LogP contribution >= 0.6 is 0 Å². The minimum atomic E-state index is -0.484. The predicted molar refractivity (Wildman–Crippen MR) is 83.8 cm³/mol. The molecule has 0 aromatic carbocycles. The van der Waals surface area contributed by atoms with Gasteiger partial charge in [0.2, 0.25) is 5.82 Å². The van der Waals surface area contributed by atoms with Crippen LogP contribution in [-0.2, 0) is 4.74 Å². The third kappa shape index (κ3) is 3.21. The summed E-state index contributed by atoms with van der Waals surface area (Å²) in [5, 5.41) is 8.94. The predicted octanol–water partition coefficient (Wildman–Crippen LogP) is 1.94. The standard InChI is InChI=1S/C16H21N5O2/c1-16(2,3)23-15(22)21-11-4-5-12(21)10-20(9-11)14-6-7-18-13(8-17)19-14/h6-7,11-12H,4-5,9-10H2,1-3H3. The first-order chi connectivity index (χ1) is 10.9. The highest BCUT2D eigenvalue weighted by Crippen LogP contribution is 2.33. The zero-order valence-electron chi connectivity index (χ0n) is 13.7. The van der Waals surface area contributed by atoms with Crippen molar-refractivity contribution in [2.45, 2.75) is 51.3 Å².